The van der Waals surface area contributed by atoms with Crippen molar-refractivity contribution in [1.82, 2.24) is 19.6 Å². The second-order valence-electron chi connectivity index (χ2n) is 8.21. The highest BCUT2D eigenvalue weighted by Crippen LogP contribution is 2.23. The van der Waals surface area contributed by atoms with Gasteiger partial charge in [-0.15, -0.1) is 0 Å². The van der Waals surface area contributed by atoms with Crippen LogP contribution in [-0.2, 0) is 22.9 Å². The summed E-state index contributed by atoms with van der Waals surface area (Å²) in [5.41, 5.74) is 3.75. The van der Waals surface area contributed by atoms with Crippen LogP contribution < -0.4 is 5.32 Å². The van der Waals surface area contributed by atoms with Crippen molar-refractivity contribution in [3.8, 4) is 0 Å². The highest BCUT2D eigenvalue weighted by atomic mass is 32.2. The van der Waals surface area contributed by atoms with E-state index in [4.69, 9.17) is 0 Å². The number of aromatic nitrogens is 2. The topological polar surface area (TPSA) is 95.2 Å². The number of sulfonamides is 1. The third-order valence-corrected chi connectivity index (χ3v) is 7.17. The molecule has 164 valence electrons. The molecule has 1 aliphatic rings. The van der Waals surface area contributed by atoms with Crippen LogP contribution in [0, 0.1) is 5.92 Å². The molecule has 0 aliphatic carbocycles. The molecule has 2 N–H and O–H groups in total. The van der Waals surface area contributed by atoms with Gasteiger partial charge in [-0.25, -0.2) is 17.7 Å². The van der Waals surface area contributed by atoms with Gasteiger partial charge in [-0.1, -0.05) is 24.3 Å². The highest BCUT2D eigenvalue weighted by Gasteiger charge is 2.24. The molecule has 0 spiro atoms. The first kappa shape index (κ1) is 21.5. The number of rotatable bonds is 7. The lowest BCUT2D eigenvalue weighted by Gasteiger charge is -2.30. The molecular formula is C23H28N4O3S. The van der Waals surface area contributed by atoms with E-state index < -0.39 is 10.0 Å². The minimum atomic E-state index is -3.09. The van der Waals surface area contributed by atoms with E-state index in [2.05, 4.69) is 15.3 Å². The Hall–Kier alpha value is -2.71. The van der Waals surface area contributed by atoms with Gasteiger partial charge in [-0.2, -0.15) is 0 Å². The monoisotopic (exact) mass is 440 g/mol. The lowest BCUT2D eigenvalue weighted by atomic mass is 9.91. The molecule has 1 aromatic heterocycles. The van der Waals surface area contributed by atoms with Crippen molar-refractivity contribution in [2.24, 2.45) is 5.92 Å². The minimum Gasteiger partial charge on any atom is -0.352 e. The first-order chi connectivity index (χ1) is 14.9. The first-order valence-electron chi connectivity index (χ1n) is 10.6. The van der Waals surface area contributed by atoms with E-state index >= 15 is 0 Å². The van der Waals surface area contributed by atoms with Gasteiger partial charge >= 0.3 is 0 Å². The summed E-state index contributed by atoms with van der Waals surface area (Å²) in [5.74, 6) is 1.24. The molecule has 7 nitrogen and oxygen atoms in total. The molecule has 31 heavy (non-hydrogen) atoms. The lowest BCUT2D eigenvalue weighted by Crippen LogP contribution is -2.38. The maximum Gasteiger partial charge on any atom is 0.251 e. The summed E-state index contributed by atoms with van der Waals surface area (Å²) in [6.07, 6.45) is 4.57. The maximum absolute atomic E-state index is 12.4. The highest BCUT2D eigenvalue weighted by molar-refractivity contribution is 7.88. The number of para-hydroxylation sites is 2. The van der Waals surface area contributed by atoms with Gasteiger partial charge in [-0.3, -0.25) is 4.79 Å². The number of H-pyrrole nitrogens is 1. The van der Waals surface area contributed by atoms with E-state index in [0.717, 1.165) is 36.1 Å². The van der Waals surface area contributed by atoms with E-state index in [9.17, 15) is 13.2 Å². The molecule has 2 heterocycles. The summed E-state index contributed by atoms with van der Waals surface area (Å²) in [6, 6.07) is 15.6. The second kappa shape index (κ2) is 9.20. The average molecular weight is 441 g/mol. The van der Waals surface area contributed by atoms with Gasteiger partial charge < -0.3 is 10.3 Å². The lowest BCUT2D eigenvalue weighted by molar-refractivity contribution is 0.0954. The Morgan fingerprint density at radius 2 is 1.84 bits per heavy atom. The smallest absolute Gasteiger partial charge is 0.251 e. The molecule has 1 amide bonds. The average Bonchev–Trinajstić information content (AvgIpc) is 3.17. The fourth-order valence-corrected chi connectivity index (χ4v) is 4.97. The predicted molar refractivity (Wildman–Crippen MR) is 121 cm³/mol. The van der Waals surface area contributed by atoms with Crippen LogP contribution in [-0.4, -0.2) is 54.5 Å². The van der Waals surface area contributed by atoms with Gasteiger partial charge in [0.2, 0.25) is 10.0 Å². The Kier molecular flexibility index (Phi) is 6.38. The number of hydrogen-bond acceptors (Lipinski definition) is 4. The Morgan fingerprint density at radius 3 is 2.52 bits per heavy atom. The Morgan fingerprint density at radius 1 is 1.13 bits per heavy atom. The summed E-state index contributed by atoms with van der Waals surface area (Å²) in [5, 5.41) is 2.95. The standard InChI is InChI=1S/C23H28N4O3S/c1-31(29,30)27-14-11-18(12-15-27)16-17-6-8-19(9-7-17)23(28)24-13-10-22-25-20-4-2-3-5-21(20)26-22/h2-9,18H,10-16H2,1H3,(H,24,28)(H,25,26). The molecule has 0 saturated carbocycles. The van der Waals surface area contributed by atoms with Crippen LogP contribution in [0.5, 0.6) is 0 Å². The number of carbonyl (C=O) groups excluding carboxylic acids is 1. The number of imidazole rings is 1. The number of benzene rings is 2. The van der Waals surface area contributed by atoms with Gasteiger partial charge in [-0.05, 0) is 55.0 Å². The fourth-order valence-electron chi connectivity index (χ4n) is 4.09. The van der Waals surface area contributed by atoms with Gasteiger partial charge in [0.05, 0.1) is 17.3 Å². The molecule has 3 aromatic rings. The molecule has 1 saturated heterocycles. The number of amides is 1. The molecule has 0 bridgehead atoms. The van der Waals surface area contributed by atoms with Crippen molar-refractivity contribution in [1.29, 1.82) is 0 Å². The minimum absolute atomic E-state index is 0.0934. The first-order valence-corrected chi connectivity index (χ1v) is 12.5. The van der Waals surface area contributed by atoms with Crippen LogP contribution in [0.3, 0.4) is 0 Å². The van der Waals surface area contributed by atoms with Crippen LogP contribution in [0.15, 0.2) is 48.5 Å². The molecule has 0 atom stereocenters. The Bertz CT molecular complexity index is 1110. The van der Waals surface area contributed by atoms with Crippen molar-refractivity contribution in [2.75, 3.05) is 25.9 Å². The van der Waals surface area contributed by atoms with E-state index in [1.54, 1.807) is 4.31 Å². The van der Waals surface area contributed by atoms with Gasteiger partial charge in [0.15, 0.2) is 0 Å². The van der Waals surface area contributed by atoms with Crippen LogP contribution in [0.4, 0.5) is 0 Å². The summed E-state index contributed by atoms with van der Waals surface area (Å²) in [6.45, 7) is 1.70. The predicted octanol–water partition coefficient (Wildman–Crippen LogP) is 2.75. The Balaban J connectivity index is 1.24. The summed E-state index contributed by atoms with van der Waals surface area (Å²) in [7, 11) is -3.09. The van der Waals surface area contributed by atoms with Gasteiger partial charge in [0.1, 0.15) is 5.82 Å². The fraction of sp³-hybridized carbons (Fsp3) is 0.391. The Labute approximate surface area is 182 Å². The van der Waals surface area contributed by atoms with Crippen LogP contribution in [0.1, 0.15) is 34.6 Å². The number of nitrogens with zero attached hydrogens (tertiary/aromatic N) is 2. The third-order valence-electron chi connectivity index (χ3n) is 5.87. The SMILES string of the molecule is CS(=O)(=O)N1CCC(Cc2ccc(C(=O)NCCc3nc4ccccc4[nH]3)cc2)CC1. The third kappa shape index (κ3) is 5.51. The van der Waals surface area contributed by atoms with Crippen molar-refractivity contribution >= 4 is 27.0 Å². The normalized spacial score (nSPS) is 15.9. The quantitative estimate of drug-likeness (QED) is 0.591. The van der Waals surface area contributed by atoms with Crippen molar-refractivity contribution in [3.63, 3.8) is 0 Å². The molecule has 4 rings (SSSR count). The maximum atomic E-state index is 12.4. The van der Waals surface area contributed by atoms with E-state index in [1.165, 1.54) is 11.8 Å². The number of piperidine rings is 1. The molecule has 2 aromatic carbocycles. The molecular weight excluding hydrogens is 412 g/mol. The zero-order valence-corrected chi connectivity index (χ0v) is 18.5. The largest absolute Gasteiger partial charge is 0.352 e. The van der Waals surface area contributed by atoms with Crippen LogP contribution >= 0.6 is 0 Å². The molecule has 0 unspecified atom stereocenters. The van der Waals surface area contributed by atoms with Crippen molar-refractivity contribution in [2.45, 2.75) is 25.7 Å². The number of fused-ring (bicyclic) bond motifs is 1. The molecule has 1 fully saturated rings. The molecule has 1 aliphatic heterocycles. The van der Waals surface area contributed by atoms with E-state index in [-0.39, 0.29) is 5.91 Å². The van der Waals surface area contributed by atoms with Gasteiger partial charge in [0, 0.05) is 31.6 Å². The summed E-state index contributed by atoms with van der Waals surface area (Å²) < 4.78 is 24.8. The summed E-state index contributed by atoms with van der Waals surface area (Å²) >= 11 is 0. The van der Waals surface area contributed by atoms with Gasteiger partial charge in [0.25, 0.3) is 5.91 Å². The van der Waals surface area contributed by atoms with Crippen molar-refractivity contribution < 1.29 is 13.2 Å². The second-order valence-corrected chi connectivity index (χ2v) is 10.2. The van der Waals surface area contributed by atoms with Crippen LogP contribution in [0.25, 0.3) is 11.0 Å². The number of aromatic amines is 1. The zero-order chi connectivity index (χ0) is 21.8. The number of nitrogens with one attached hydrogen (secondary N) is 2. The van der Waals surface area contributed by atoms with E-state index in [1.807, 2.05) is 48.5 Å². The van der Waals surface area contributed by atoms with Crippen LogP contribution in [0.2, 0.25) is 0 Å². The van der Waals surface area contributed by atoms with E-state index in [0.29, 0.717) is 37.5 Å². The zero-order valence-electron chi connectivity index (χ0n) is 17.7. The molecule has 0 radical (unpaired) electrons. The number of hydrogen-bond donors (Lipinski definition) is 2. The van der Waals surface area contributed by atoms with Crippen molar-refractivity contribution in [3.05, 3.63) is 65.5 Å². The number of carbonyl (C=O) groups is 1. The summed E-state index contributed by atoms with van der Waals surface area (Å²) in [4.78, 5) is 20.2. The molecule has 8 heteroatoms.